The summed E-state index contributed by atoms with van der Waals surface area (Å²) in [5, 5.41) is 2.94. The first kappa shape index (κ1) is 9.67. The number of rotatable bonds is 3. The second-order valence-corrected chi connectivity index (χ2v) is 3.09. The van der Waals surface area contributed by atoms with Gasteiger partial charge < -0.3 is 14.7 Å². The van der Waals surface area contributed by atoms with Crippen molar-refractivity contribution in [1.82, 2.24) is 15.3 Å². The lowest BCUT2D eigenvalue weighted by Gasteiger charge is -2.00. The molecule has 0 bridgehead atoms. The topological polar surface area (TPSA) is 70.9 Å². The fourth-order valence-corrected chi connectivity index (χ4v) is 1.31. The molecule has 2 heterocycles. The molecule has 2 rings (SSSR count). The predicted octanol–water partition coefficient (Wildman–Crippen LogP) is 0.749. The summed E-state index contributed by atoms with van der Waals surface area (Å²) in [6.45, 7) is 0.553. The number of nitrogens with zero attached hydrogens (tertiary/aromatic N) is 1. The zero-order valence-electron chi connectivity index (χ0n) is 8.28. The van der Waals surface area contributed by atoms with Gasteiger partial charge in [0.15, 0.2) is 11.6 Å². The van der Waals surface area contributed by atoms with Crippen LogP contribution in [0.25, 0.3) is 11.6 Å². The SMILES string of the molecule is CNCc1cc(=O)[nH]c(-c2ccco2)n1. The van der Waals surface area contributed by atoms with E-state index in [1.54, 1.807) is 25.4 Å². The van der Waals surface area contributed by atoms with Gasteiger partial charge in [-0.05, 0) is 19.2 Å². The Bertz CT molecular complexity index is 488. The molecule has 0 amide bonds. The molecule has 0 fully saturated rings. The van der Waals surface area contributed by atoms with E-state index in [0.717, 1.165) is 0 Å². The zero-order valence-corrected chi connectivity index (χ0v) is 8.28. The van der Waals surface area contributed by atoms with Gasteiger partial charge in [0.1, 0.15) is 0 Å². The van der Waals surface area contributed by atoms with Crippen molar-refractivity contribution in [2.24, 2.45) is 0 Å². The Hall–Kier alpha value is -1.88. The quantitative estimate of drug-likeness (QED) is 0.775. The van der Waals surface area contributed by atoms with Crippen molar-refractivity contribution in [3.8, 4) is 11.6 Å². The van der Waals surface area contributed by atoms with E-state index in [9.17, 15) is 4.79 Å². The maximum absolute atomic E-state index is 11.3. The van der Waals surface area contributed by atoms with Gasteiger partial charge in [0.25, 0.3) is 5.56 Å². The minimum atomic E-state index is -0.179. The Kier molecular flexibility index (Phi) is 2.64. The van der Waals surface area contributed by atoms with Crippen molar-refractivity contribution < 1.29 is 4.42 Å². The first-order valence-corrected chi connectivity index (χ1v) is 4.58. The summed E-state index contributed by atoms with van der Waals surface area (Å²) in [5.41, 5.74) is 0.509. The summed E-state index contributed by atoms with van der Waals surface area (Å²) in [7, 11) is 1.80. The monoisotopic (exact) mass is 205 g/mol. The van der Waals surface area contributed by atoms with E-state index in [2.05, 4.69) is 15.3 Å². The van der Waals surface area contributed by atoms with Crippen LogP contribution in [0.15, 0.2) is 33.7 Å². The molecule has 2 N–H and O–H groups in total. The fraction of sp³-hybridized carbons (Fsp3) is 0.200. The van der Waals surface area contributed by atoms with Gasteiger partial charge in [-0.15, -0.1) is 0 Å². The average Bonchev–Trinajstić information content (AvgIpc) is 2.70. The van der Waals surface area contributed by atoms with Crippen LogP contribution in [0.2, 0.25) is 0 Å². The van der Waals surface area contributed by atoms with Gasteiger partial charge in [0.05, 0.1) is 12.0 Å². The lowest BCUT2D eigenvalue weighted by atomic mass is 10.3. The van der Waals surface area contributed by atoms with Gasteiger partial charge in [0, 0.05) is 12.6 Å². The number of nitrogens with one attached hydrogen (secondary N) is 2. The smallest absolute Gasteiger partial charge is 0.251 e. The molecule has 15 heavy (non-hydrogen) atoms. The number of hydrogen-bond donors (Lipinski definition) is 2. The average molecular weight is 205 g/mol. The van der Waals surface area contributed by atoms with Crippen LogP contribution in [0, 0.1) is 0 Å². The molecular weight excluding hydrogens is 194 g/mol. The molecule has 0 saturated heterocycles. The molecule has 2 aromatic rings. The molecule has 0 atom stereocenters. The number of H-pyrrole nitrogens is 1. The van der Waals surface area contributed by atoms with E-state index in [0.29, 0.717) is 23.8 Å². The minimum absolute atomic E-state index is 0.179. The van der Waals surface area contributed by atoms with Crippen LogP contribution in [0.5, 0.6) is 0 Å². The molecule has 0 spiro atoms. The third kappa shape index (κ3) is 2.13. The third-order valence-corrected chi connectivity index (χ3v) is 1.91. The molecule has 2 aromatic heterocycles. The van der Waals surface area contributed by atoms with Crippen LogP contribution in [0.4, 0.5) is 0 Å². The molecule has 0 unspecified atom stereocenters. The van der Waals surface area contributed by atoms with Crippen LogP contribution in [0.3, 0.4) is 0 Å². The molecule has 0 radical (unpaired) electrons. The Morgan fingerprint density at radius 2 is 2.47 bits per heavy atom. The van der Waals surface area contributed by atoms with E-state index in [1.807, 2.05) is 0 Å². The molecule has 0 aliphatic rings. The highest BCUT2D eigenvalue weighted by Gasteiger charge is 2.05. The maximum atomic E-state index is 11.3. The summed E-state index contributed by atoms with van der Waals surface area (Å²) in [4.78, 5) is 18.2. The van der Waals surface area contributed by atoms with Crippen LogP contribution in [0.1, 0.15) is 5.69 Å². The summed E-state index contributed by atoms with van der Waals surface area (Å²) in [6.07, 6.45) is 1.54. The van der Waals surface area contributed by atoms with Crippen molar-refractivity contribution in [3.63, 3.8) is 0 Å². The normalized spacial score (nSPS) is 10.5. The van der Waals surface area contributed by atoms with Gasteiger partial charge in [-0.2, -0.15) is 0 Å². The third-order valence-electron chi connectivity index (χ3n) is 1.91. The molecule has 78 valence electrons. The van der Waals surface area contributed by atoms with E-state index >= 15 is 0 Å². The van der Waals surface area contributed by atoms with Gasteiger partial charge in [-0.3, -0.25) is 4.79 Å². The molecule has 5 nitrogen and oxygen atoms in total. The Morgan fingerprint density at radius 3 is 3.13 bits per heavy atom. The summed E-state index contributed by atoms with van der Waals surface area (Å²) >= 11 is 0. The Labute approximate surface area is 86.2 Å². The van der Waals surface area contributed by atoms with Gasteiger partial charge >= 0.3 is 0 Å². The van der Waals surface area contributed by atoms with Crippen molar-refractivity contribution in [3.05, 3.63) is 40.5 Å². The Morgan fingerprint density at radius 1 is 1.60 bits per heavy atom. The first-order valence-electron chi connectivity index (χ1n) is 4.58. The van der Waals surface area contributed by atoms with Crippen molar-refractivity contribution in [2.75, 3.05) is 7.05 Å². The van der Waals surface area contributed by atoms with E-state index < -0.39 is 0 Å². The minimum Gasteiger partial charge on any atom is -0.461 e. The molecule has 0 aliphatic heterocycles. The summed E-state index contributed by atoms with van der Waals surface area (Å²) in [5.74, 6) is 1.02. The largest absolute Gasteiger partial charge is 0.461 e. The molecule has 0 aromatic carbocycles. The summed E-state index contributed by atoms with van der Waals surface area (Å²) < 4.78 is 5.15. The van der Waals surface area contributed by atoms with Crippen LogP contribution < -0.4 is 10.9 Å². The lowest BCUT2D eigenvalue weighted by Crippen LogP contribution is -2.14. The number of furan rings is 1. The Balaban J connectivity index is 2.44. The highest BCUT2D eigenvalue weighted by Crippen LogP contribution is 2.13. The molecule has 0 aliphatic carbocycles. The second kappa shape index (κ2) is 4.10. The summed E-state index contributed by atoms with van der Waals surface area (Å²) in [6, 6.07) is 4.96. The van der Waals surface area contributed by atoms with Crippen molar-refractivity contribution in [1.29, 1.82) is 0 Å². The van der Waals surface area contributed by atoms with Crippen LogP contribution in [-0.4, -0.2) is 17.0 Å². The van der Waals surface area contributed by atoms with Gasteiger partial charge in [-0.25, -0.2) is 4.98 Å². The number of aromatic amines is 1. The number of hydrogen-bond acceptors (Lipinski definition) is 4. The van der Waals surface area contributed by atoms with E-state index in [1.165, 1.54) is 6.07 Å². The molecular formula is C10H11N3O2. The highest BCUT2D eigenvalue weighted by molar-refractivity contribution is 5.45. The lowest BCUT2D eigenvalue weighted by molar-refractivity contribution is 0.576. The van der Waals surface area contributed by atoms with Crippen molar-refractivity contribution >= 4 is 0 Å². The van der Waals surface area contributed by atoms with E-state index in [-0.39, 0.29) is 5.56 Å². The molecule has 5 heteroatoms. The predicted molar refractivity (Wildman–Crippen MR) is 55.3 cm³/mol. The molecule has 0 saturated carbocycles. The standard InChI is InChI=1S/C10H11N3O2/c1-11-6-7-5-9(14)13-10(12-7)8-3-2-4-15-8/h2-5,11H,6H2,1H3,(H,12,13,14). The first-order chi connectivity index (χ1) is 7.29. The van der Waals surface area contributed by atoms with Gasteiger partial charge in [-0.1, -0.05) is 0 Å². The zero-order chi connectivity index (χ0) is 10.7. The van der Waals surface area contributed by atoms with Crippen LogP contribution >= 0.6 is 0 Å². The number of aromatic nitrogens is 2. The maximum Gasteiger partial charge on any atom is 0.251 e. The van der Waals surface area contributed by atoms with Gasteiger partial charge in [0.2, 0.25) is 0 Å². The van der Waals surface area contributed by atoms with E-state index in [4.69, 9.17) is 4.42 Å². The van der Waals surface area contributed by atoms with Crippen molar-refractivity contribution in [2.45, 2.75) is 6.54 Å². The second-order valence-electron chi connectivity index (χ2n) is 3.09. The fourth-order valence-electron chi connectivity index (χ4n) is 1.31. The highest BCUT2D eigenvalue weighted by atomic mass is 16.3. The van der Waals surface area contributed by atoms with Crippen LogP contribution in [-0.2, 0) is 6.54 Å².